The van der Waals surface area contributed by atoms with Gasteiger partial charge in [0.05, 0.1) is 6.61 Å². The Hall–Kier alpha value is -2.67. The zero-order valence-electron chi connectivity index (χ0n) is 14.9. The van der Waals surface area contributed by atoms with Gasteiger partial charge < -0.3 is 19.7 Å². The Morgan fingerprint density at radius 2 is 1.89 bits per heavy atom. The fourth-order valence-corrected chi connectivity index (χ4v) is 2.93. The number of amides is 1. The maximum atomic E-state index is 13.2. The van der Waals surface area contributed by atoms with E-state index in [0.29, 0.717) is 26.1 Å². The molecule has 27 heavy (non-hydrogen) atoms. The Balaban J connectivity index is 1.42. The Morgan fingerprint density at radius 1 is 1.15 bits per heavy atom. The van der Waals surface area contributed by atoms with Crippen LogP contribution in [0.1, 0.15) is 12.0 Å². The SMILES string of the molecule is O=C(OCc1ccccc1)N1CCN[C@H](CCOc2cc(F)cc(F)c2)C1. The van der Waals surface area contributed by atoms with Crippen LogP contribution in [0.2, 0.25) is 0 Å². The monoisotopic (exact) mass is 376 g/mol. The zero-order chi connectivity index (χ0) is 19.1. The van der Waals surface area contributed by atoms with Gasteiger partial charge in [0, 0.05) is 43.9 Å². The highest BCUT2D eigenvalue weighted by Gasteiger charge is 2.24. The van der Waals surface area contributed by atoms with Gasteiger partial charge in [-0.2, -0.15) is 0 Å². The van der Waals surface area contributed by atoms with Crippen molar-refractivity contribution < 1.29 is 23.0 Å². The summed E-state index contributed by atoms with van der Waals surface area (Å²) >= 11 is 0. The first kappa shape index (κ1) is 19.1. The van der Waals surface area contributed by atoms with E-state index in [1.165, 1.54) is 0 Å². The van der Waals surface area contributed by atoms with Gasteiger partial charge in [-0.05, 0) is 12.0 Å². The molecule has 1 fully saturated rings. The van der Waals surface area contributed by atoms with Gasteiger partial charge in [0.25, 0.3) is 0 Å². The van der Waals surface area contributed by atoms with E-state index in [0.717, 1.165) is 23.8 Å². The summed E-state index contributed by atoms with van der Waals surface area (Å²) in [6.45, 7) is 2.24. The van der Waals surface area contributed by atoms with Crippen molar-refractivity contribution in [3.8, 4) is 5.75 Å². The lowest BCUT2D eigenvalue weighted by Crippen LogP contribution is -2.53. The predicted octanol–water partition coefficient (Wildman–Crippen LogP) is 3.34. The van der Waals surface area contributed by atoms with Crippen LogP contribution in [0, 0.1) is 11.6 Å². The van der Waals surface area contributed by atoms with Crippen LogP contribution in [0.15, 0.2) is 48.5 Å². The van der Waals surface area contributed by atoms with Crippen LogP contribution in [0.4, 0.5) is 13.6 Å². The number of nitrogens with one attached hydrogen (secondary N) is 1. The molecule has 1 aliphatic rings. The maximum absolute atomic E-state index is 13.2. The van der Waals surface area contributed by atoms with Crippen LogP contribution in [0.5, 0.6) is 5.75 Å². The number of nitrogens with zero attached hydrogens (tertiary/aromatic N) is 1. The molecule has 2 aromatic carbocycles. The molecule has 1 N–H and O–H groups in total. The van der Waals surface area contributed by atoms with Gasteiger partial charge in [-0.1, -0.05) is 30.3 Å². The molecule has 1 amide bonds. The van der Waals surface area contributed by atoms with Crippen LogP contribution < -0.4 is 10.1 Å². The van der Waals surface area contributed by atoms with Gasteiger partial charge in [-0.15, -0.1) is 0 Å². The third-order valence-electron chi connectivity index (χ3n) is 4.29. The summed E-state index contributed by atoms with van der Waals surface area (Å²) in [5.41, 5.74) is 0.938. The van der Waals surface area contributed by atoms with Crippen molar-refractivity contribution >= 4 is 6.09 Å². The number of carbonyl (C=O) groups excluding carboxylic acids is 1. The van der Waals surface area contributed by atoms with E-state index in [-0.39, 0.29) is 31.1 Å². The largest absolute Gasteiger partial charge is 0.493 e. The average molecular weight is 376 g/mol. The average Bonchev–Trinajstić information content (AvgIpc) is 2.66. The lowest BCUT2D eigenvalue weighted by atomic mass is 10.1. The molecule has 0 saturated carbocycles. The van der Waals surface area contributed by atoms with E-state index >= 15 is 0 Å². The molecule has 0 unspecified atom stereocenters. The lowest BCUT2D eigenvalue weighted by molar-refractivity contribution is 0.0827. The highest BCUT2D eigenvalue weighted by molar-refractivity contribution is 5.67. The third kappa shape index (κ3) is 5.92. The highest BCUT2D eigenvalue weighted by Crippen LogP contribution is 2.16. The number of hydrogen-bond donors (Lipinski definition) is 1. The standard InChI is InChI=1S/C20H22F2N2O3/c21-16-10-17(22)12-19(11-16)26-9-6-18-13-24(8-7-23-18)20(25)27-14-15-4-2-1-3-5-15/h1-5,10-12,18,23H,6-9,13-14H2/t18-/m1/s1. The van der Waals surface area contributed by atoms with Gasteiger partial charge >= 0.3 is 6.09 Å². The van der Waals surface area contributed by atoms with E-state index in [1.807, 2.05) is 30.3 Å². The van der Waals surface area contributed by atoms with Crippen LogP contribution in [0.25, 0.3) is 0 Å². The van der Waals surface area contributed by atoms with Gasteiger partial charge in [0.1, 0.15) is 24.0 Å². The molecule has 0 aromatic heterocycles. The molecule has 1 atom stereocenters. The molecule has 1 heterocycles. The summed E-state index contributed by atoms with van der Waals surface area (Å²) in [7, 11) is 0. The van der Waals surface area contributed by atoms with E-state index < -0.39 is 11.6 Å². The molecule has 0 spiro atoms. The number of benzene rings is 2. The van der Waals surface area contributed by atoms with Crippen molar-refractivity contribution in [1.82, 2.24) is 10.2 Å². The number of piperazine rings is 1. The topological polar surface area (TPSA) is 50.8 Å². The molecular weight excluding hydrogens is 354 g/mol. The second-order valence-corrected chi connectivity index (χ2v) is 6.38. The summed E-state index contributed by atoms with van der Waals surface area (Å²) in [5.74, 6) is -1.19. The van der Waals surface area contributed by atoms with Crippen molar-refractivity contribution in [2.24, 2.45) is 0 Å². The first-order valence-corrected chi connectivity index (χ1v) is 8.88. The van der Waals surface area contributed by atoms with Crippen LogP contribution in [0.3, 0.4) is 0 Å². The molecule has 7 heteroatoms. The lowest BCUT2D eigenvalue weighted by Gasteiger charge is -2.33. The molecule has 1 saturated heterocycles. The third-order valence-corrected chi connectivity index (χ3v) is 4.29. The Kier molecular flexibility index (Phi) is 6.59. The molecule has 0 aliphatic carbocycles. The van der Waals surface area contributed by atoms with Crippen molar-refractivity contribution in [3.05, 3.63) is 65.7 Å². The number of carbonyl (C=O) groups is 1. The molecule has 3 rings (SSSR count). The van der Waals surface area contributed by atoms with Gasteiger partial charge in [-0.3, -0.25) is 0 Å². The fraction of sp³-hybridized carbons (Fsp3) is 0.350. The van der Waals surface area contributed by atoms with Gasteiger partial charge in [0.2, 0.25) is 0 Å². The van der Waals surface area contributed by atoms with E-state index in [4.69, 9.17) is 9.47 Å². The van der Waals surface area contributed by atoms with Crippen molar-refractivity contribution in [2.75, 3.05) is 26.2 Å². The van der Waals surface area contributed by atoms with Gasteiger partial charge in [-0.25, -0.2) is 13.6 Å². The van der Waals surface area contributed by atoms with Gasteiger partial charge in [0.15, 0.2) is 0 Å². The van der Waals surface area contributed by atoms with Crippen molar-refractivity contribution in [1.29, 1.82) is 0 Å². The molecule has 2 aromatic rings. The molecule has 5 nitrogen and oxygen atoms in total. The summed E-state index contributed by atoms with van der Waals surface area (Å²) < 4.78 is 37.1. The van der Waals surface area contributed by atoms with Crippen LogP contribution in [-0.4, -0.2) is 43.3 Å². The summed E-state index contributed by atoms with van der Waals surface area (Å²) in [4.78, 5) is 13.9. The van der Waals surface area contributed by atoms with E-state index in [2.05, 4.69) is 5.32 Å². The summed E-state index contributed by atoms with van der Waals surface area (Å²) in [6, 6.07) is 12.6. The highest BCUT2D eigenvalue weighted by atomic mass is 19.1. The van der Waals surface area contributed by atoms with Crippen LogP contribution >= 0.6 is 0 Å². The van der Waals surface area contributed by atoms with Crippen molar-refractivity contribution in [2.45, 2.75) is 19.1 Å². The fourth-order valence-electron chi connectivity index (χ4n) is 2.93. The molecular formula is C20H22F2N2O3. The first-order chi connectivity index (χ1) is 13.1. The molecule has 0 bridgehead atoms. The van der Waals surface area contributed by atoms with Crippen molar-refractivity contribution in [3.63, 3.8) is 0 Å². The number of rotatable bonds is 6. The molecule has 0 radical (unpaired) electrons. The first-order valence-electron chi connectivity index (χ1n) is 8.88. The van der Waals surface area contributed by atoms with Crippen LogP contribution in [-0.2, 0) is 11.3 Å². The minimum atomic E-state index is -0.673. The quantitative estimate of drug-likeness (QED) is 0.840. The second-order valence-electron chi connectivity index (χ2n) is 6.38. The zero-order valence-corrected chi connectivity index (χ0v) is 14.9. The molecule has 144 valence electrons. The second kappa shape index (κ2) is 9.32. The number of hydrogen-bond acceptors (Lipinski definition) is 4. The smallest absolute Gasteiger partial charge is 0.410 e. The summed E-state index contributed by atoms with van der Waals surface area (Å²) in [5, 5.41) is 3.31. The predicted molar refractivity (Wildman–Crippen MR) is 96.5 cm³/mol. The minimum absolute atomic E-state index is 0.0291. The number of ether oxygens (including phenoxy) is 2. The maximum Gasteiger partial charge on any atom is 0.410 e. The van der Waals surface area contributed by atoms with E-state index in [1.54, 1.807) is 4.90 Å². The Morgan fingerprint density at radius 3 is 2.63 bits per heavy atom. The molecule has 1 aliphatic heterocycles. The Bertz CT molecular complexity index is 738. The normalized spacial score (nSPS) is 16.8. The minimum Gasteiger partial charge on any atom is -0.493 e. The van der Waals surface area contributed by atoms with E-state index in [9.17, 15) is 13.6 Å². The number of halogens is 2. The summed E-state index contributed by atoms with van der Waals surface area (Å²) in [6.07, 6.45) is 0.249. The Labute approximate surface area is 156 Å².